The lowest BCUT2D eigenvalue weighted by atomic mass is 9.98. The number of ketones is 1. The second-order valence-corrected chi connectivity index (χ2v) is 12.3. The molecule has 188 valence electrons. The lowest BCUT2D eigenvalue weighted by Gasteiger charge is -2.15. The van der Waals surface area contributed by atoms with Crippen molar-refractivity contribution in [2.24, 2.45) is 0 Å². The van der Waals surface area contributed by atoms with Gasteiger partial charge in [-0.1, -0.05) is 38.5 Å². The molecule has 1 aliphatic heterocycles. The number of fused-ring (bicyclic) bond motifs is 1. The van der Waals surface area contributed by atoms with Gasteiger partial charge in [-0.2, -0.15) is 0 Å². The van der Waals surface area contributed by atoms with E-state index in [0.717, 1.165) is 12.0 Å². The van der Waals surface area contributed by atoms with Gasteiger partial charge in [-0.3, -0.25) is 14.4 Å². The summed E-state index contributed by atoms with van der Waals surface area (Å²) < 4.78 is 23.7. The van der Waals surface area contributed by atoms with Gasteiger partial charge in [-0.15, -0.1) is 0 Å². The largest absolute Gasteiger partial charge is 0.299 e. The highest BCUT2D eigenvalue weighted by Crippen LogP contribution is 2.30. The van der Waals surface area contributed by atoms with Crippen molar-refractivity contribution in [3.63, 3.8) is 0 Å². The van der Waals surface area contributed by atoms with Gasteiger partial charge >= 0.3 is 0 Å². The van der Waals surface area contributed by atoms with Crippen molar-refractivity contribution in [2.45, 2.75) is 77.4 Å². The first-order valence-electron chi connectivity index (χ1n) is 12.4. The summed E-state index contributed by atoms with van der Waals surface area (Å²) in [6.45, 7) is 7.61. The van der Waals surface area contributed by atoms with Gasteiger partial charge in [0, 0.05) is 12.8 Å². The summed E-state index contributed by atoms with van der Waals surface area (Å²) in [5.74, 6) is -0.140. The van der Waals surface area contributed by atoms with Gasteiger partial charge in [-0.05, 0) is 74.4 Å². The van der Waals surface area contributed by atoms with E-state index in [9.17, 15) is 22.8 Å². The minimum Gasteiger partial charge on any atom is -0.299 e. The summed E-state index contributed by atoms with van der Waals surface area (Å²) >= 11 is 0. The van der Waals surface area contributed by atoms with E-state index in [0.29, 0.717) is 54.0 Å². The van der Waals surface area contributed by atoms with Gasteiger partial charge in [0.1, 0.15) is 5.78 Å². The Morgan fingerprint density at radius 2 is 1.54 bits per heavy atom. The van der Waals surface area contributed by atoms with Crippen LogP contribution in [0.15, 0.2) is 42.5 Å². The van der Waals surface area contributed by atoms with E-state index in [1.807, 2.05) is 12.1 Å². The van der Waals surface area contributed by atoms with Gasteiger partial charge in [-0.25, -0.2) is 13.3 Å². The van der Waals surface area contributed by atoms with Crippen LogP contribution in [-0.4, -0.2) is 37.0 Å². The highest BCUT2D eigenvalue weighted by atomic mass is 32.2. The molecule has 3 rings (SSSR count). The number of benzene rings is 2. The lowest BCUT2D eigenvalue weighted by Crippen LogP contribution is -2.29. The molecule has 0 aliphatic carbocycles. The molecule has 0 radical (unpaired) electrons. The molecule has 35 heavy (non-hydrogen) atoms. The number of unbranched alkanes of at least 4 members (excludes halogenated alkanes) is 2. The Labute approximate surface area is 208 Å². The maximum absolute atomic E-state index is 13.1. The maximum atomic E-state index is 13.1. The van der Waals surface area contributed by atoms with E-state index in [2.05, 4.69) is 13.8 Å². The fourth-order valence-electron chi connectivity index (χ4n) is 4.17. The number of sulfone groups is 1. The van der Waals surface area contributed by atoms with E-state index >= 15 is 0 Å². The molecule has 0 fully saturated rings. The summed E-state index contributed by atoms with van der Waals surface area (Å²) in [7, 11) is -3.04. The fraction of sp³-hybridized carbons (Fsp3) is 0.464. The zero-order valence-corrected chi connectivity index (χ0v) is 21.9. The molecule has 2 aromatic carbocycles. The monoisotopic (exact) mass is 497 g/mol. The molecule has 6 nitrogen and oxygen atoms in total. The SMILES string of the molecule is CCC(C)c1ccc(N2C(=O)c3ccc(CC(=O)CCCCCS(=O)(=O)C(C)C)cc3C2=O)cc1. The molecular weight excluding hydrogens is 462 g/mol. The number of hydrogen-bond acceptors (Lipinski definition) is 5. The number of hydrogen-bond donors (Lipinski definition) is 0. The Morgan fingerprint density at radius 3 is 2.17 bits per heavy atom. The Hall–Kier alpha value is -2.80. The molecule has 0 saturated carbocycles. The van der Waals surface area contributed by atoms with Crippen LogP contribution in [0.2, 0.25) is 0 Å². The molecule has 2 aromatic rings. The van der Waals surface area contributed by atoms with Crippen molar-refractivity contribution < 1.29 is 22.8 Å². The predicted octanol–water partition coefficient (Wildman–Crippen LogP) is 5.50. The third-order valence-electron chi connectivity index (χ3n) is 6.79. The van der Waals surface area contributed by atoms with Crippen LogP contribution in [0.4, 0.5) is 5.69 Å². The van der Waals surface area contributed by atoms with Crippen molar-refractivity contribution in [1.29, 1.82) is 0 Å². The van der Waals surface area contributed by atoms with Crippen LogP contribution in [0.3, 0.4) is 0 Å². The first kappa shape index (κ1) is 26.8. The molecular formula is C28H35NO5S. The van der Waals surface area contributed by atoms with E-state index in [1.54, 1.807) is 44.2 Å². The Kier molecular flexibility index (Phi) is 8.65. The highest BCUT2D eigenvalue weighted by molar-refractivity contribution is 7.91. The van der Waals surface area contributed by atoms with Crippen LogP contribution in [0, 0.1) is 0 Å². The summed E-state index contributed by atoms with van der Waals surface area (Å²) in [4.78, 5) is 39.6. The number of carbonyl (C=O) groups is 3. The lowest BCUT2D eigenvalue weighted by molar-refractivity contribution is -0.118. The number of nitrogens with zero attached hydrogens (tertiary/aromatic N) is 1. The zero-order valence-electron chi connectivity index (χ0n) is 21.0. The van der Waals surface area contributed by atoms with Crippen LogP contribution < -0.4 is 4.90 Å². The van der Waals surface area contributed by atoms with E-state index < -0.39 is 9.84 Å². The molecule has 1 unspecified atom stereocenters. The van der Waals surface area contributed by atoms with Gasteiger partial charge in [0.15, 0.2) is 9.84 Å². The molecule has 1 aliphatic rings. The maximum Gasteiger partial charge on any atom is 0.266 e. The first-order valence-corrected chi connectivity index (χ1v) is 14.1. The summed E-state index contributed by atoms with van der Waals surface area (Å²) in [5, 5.41) is -0.376. The summed E-state index contributed by atoms with van der Waals surface area (Å²) in [5.41, 5.74) is 3.08. The third kappa shape index (κ3) is 6.26. The highest BCUT2D eigenvalue weighted by Gasteiger charge is 2.36. The molecule has 2 amide bonds. The molecule has 1 heterocycles. The molecule has 0 spiro atoms. The third-order valence-corrected chi connectivity index (χ3v) is 9.08. The molecule has 0 bridgehead atoms. The molecule has 7 heteroatoms. The number of amides is 2. The molecule has 0 N–H and O–H groups in total. The standard InChI is InChI=1S/C28H35NO5S/c1-5-20(4)22-11-13-23(14-12-22)29-27(31)25-15-10-21(18-26(25)28(29)32)17-24(30)9-7-6-8-16-35(33,34)19(2)3/h10-15,18-20H,5-9,16-17H2,1-4H3. The quantitative estimate of drug-likeness (QED) is 0.286. The molecule has 0 saturated heterocycles. The van der Waals surface area contributed by atoms with Gasteiger partial charge < -0.3 is 0 Å². The Balaban J connectivity index is 1.59. The number of Topliss-reactive ketones (excluding diaryl/α,β-unsaturated/α-hetero) is 1. The van der Waals surface area contributed by atoms with Crippen molar-refractivity contribution >= 4 is 33.1 Å². The van der Waals surface area contributed by atoms with Crippen molar-refractivity contribution in [3.8, 4) is 0 Å². The smallest absolute Gasteiger partial charge is 0.266 e. The van der Waals surface area contributed by atoms with Crippen molar-refractivity contribution in [3.05, 3.63) is 64.7 Å². The number of rotatable bonds is 12. The normalized spacial score (nSPS) is 14.5. The van der Waals surface area contributed by atoms with Gasteiger partial charge in [0.05, 0.1) is 27.8 Å². The van der Waals surface area contributed by atoms with Crippen LogP contribution in [0.25, 0.3) is 0 Å². The second kappa shape index (κ2) is 11.3. The minimum atomic E-state index is -3.04. The number of carbonyl (C=O) groups excluding carboxylic acids is 3. The van der Waals surface area contributed by atoms with Gasteiger partial charge in [0.2, 0.25) is 0 Å². The fourth-order valence-corrected chi connectivity index (χ4v) is 5.25. The van der Waals surface area contributed by atoms with Crippen LogP contribution in [0.1, 0.15) is 97.6 Å². The van der Waals surface area contributed by atoms with E-state index in [1.165, 1.54) is 4.90 Å². The van der Waals surface area contributed by atoms with Gasteiger partial charge in [0.25, 0.3) is 11.8 Å². The van der Waals surface area contributed by atoms with E-state index in [4.69, 9.17) is 0 Å². The number of imide groups is 1. The topological polar surface area (TPSA) is 88.6 Å². The molecule has 1 atom stereocenters. The second-order valence-electron chi connectivity index (χ2n) is 9.67. The molecule has 0 aromatic heterocycles. The van der Waals surface area contributed by atoms with Crippen molar-refractivity contribution in [1.82, 2.24) is 0 Å². The minimum absolute atomic E-state index is 0.0333. The predicted molar refractivity (Wildman–Crippen MR) is 139 cm³/mol. The Morgan fingerprint density at radius 1 is 0.886 bits per heavy atom. The Bertz CT molecular complexity index is 1200. The first-order chi connectivity index (χ1) is 16.5. The van der Waals surface area contributed by atoms with Crippen LogP contribution in [0.5, 0.6) is 0 Å². The number of anilines is 1. The summed E-state index contributed by atoms with van der Waals surface area (Å²) in [6.07, 6.45) is 3.42. The average molecular weight is 498 g/mol. The summed E-state index contributed by atoms with van der Waals surface area (Å²) in [6, 6.07) is 12.5. The van der Waals surface area contributed by atoms with Crippen LogP contribution >= 0.6 is 0 Å². The van der Waals surface area contributed by atoms with E-state index in [-0.39, 0.29) is 35.0 Å². The van der Waals surface area contributed by atoms with Crippen molar-refractivity contribution in [2.75, 3.05) is 10.7 Å². The zero-order chi connectivity index (χ0) is 25.8. The van der Waals surface area contributed by atoms with Crippen LogP contribution in [-0.2, 0) is 21.1 Å². The average Bonchev–Trinajstić information content (AvgIpc) is 3.07.